The first-order valence-electron chi connectivity index (χ1n) is 5.47. The molecule has 2 heterocycles. The van der Waals surface area contributed by atoms with Crippen LogP contribution >= 0.6 is 23.7 Å². The van der Waals surface area contributed by atoms with Crippen molar-refractivity contribution in [3.8, 4) is 0 Å². The molecule has 0 fully saturated rings. The fourth-order valence-corrected chi connectivity index (χ4v) is 2.87. The van der Waals surface area contributed by atoms with E-state index in [4.69, 9.17) is 0 Å². The summed E-state index contributed by atoms with van der Waals surface area (Å²) in [5.41, 5.74) is 1.16. The summed E-state index contributed by atoms with van der Waals surface area (Å²) in [5.74, 6) is 0. The van der Waals surface area contributed by atoms with Gasteiger partial charge in [0.15, 0.2) is 0 Å². The number of aromatic nitrogens is 1. The number of anilines is 2. The van der Waals surface area contributed by atoms with Gasteiger partial charge in [0.25, 0.3) is 0 Å². The molecule has 18 heavy (non-hydrogen) atoms. The second-order valence-electron chi connectivity index (χ2n) is 3.89. The van der Waals surface area contributed by atoms with Gasteiger partial charge in [0.2, 0.25) is 0 Å². The molecule has 0 unspecified atom stereocenters. The fourth-order valence-electron chi connectivity index (χ4n) is 1.83. The van der Waals surface area contributed by atoms with Crippen LogP contribution in [0.4, 0.5) is 10.7 Å². The highest BCUT2D eigenvalue weighted by molar-refractivity contribution is 7.22. The lowest BCUT2D eigenvalue weighted by Crippen LogP contribution is -2.07. The lowest BCUT2D eigenvalue weighted by atomic mass is 10.2. The van der Waals surface area contributed by atoms with Gasteiger partial charge in [-0.15, -0.1) is 23.7 Å². The van der Waals surface area contributed by atoms with Gasteiger partial charge < -0.3 is 4.90 Å². The van der Waals surface area contributed by atoms with Crippen molar-refractivity contribution in [3.05, 3.63) is 54.9 Å². The first-order valence-corrected chi connectivity index (χ1v) is 6.28. The van der Waals surface area contributed by atoms with Crippen LogP contribution in [0.5, 0.6) is 0 Å². The van der Waals surface area contributed by atoms with Crippen molar-refractivity contribution in [1.82, 2.24) is 4.98 Å². The van der Waals surface area contributed by atoms with Crippen LogP contribution in [0.3, 0.4) is 0 Å². The Labute approximate surface area is 116 Å². The predicted octanol–water partition coefficient (Wildman–Crippen LogP) is 4.49. The predicted molar refractivity (Wildman–Crippen MR) is 81.4 cm³/mol. The number of fused-ring (bicyclic) bond motifs is 1. The minimum atomic E-state index is 0. The van der Waals surface area contributed by atoms with Gasteiger partial charge in [-0.2, -0.15) is 0 Å². The van der Waals surface area contributed by atoms with Crippen LogP contribution in [0.2, 0.25) is 0 Å². The third kappa shape index (κ3) is 2.33. The summed E-state index contributed by atoms with van der Waals surface area (Å²) < 4.78 is 1.32. The highest BCUT2D eigenvalue weighted by Gasteiger charge is 2.07. The van der Waals surface area contributed by atoms with E-state index in [1.165, 1.54) is 15.1 Å². The third-order valence-electron chi connectivity index (χ3n) is 2.79. The van der Waals surface area contributed by atoms with Crippen LogP contribution in [0.1, 0.15) is 0 Å². The molecule has 0 aliphatic rings. The number of benzene rings is 1. The SMILES string of the molecule is CN(c1ccncc1)c1cc2ccccc2s1.Cl. The highest BCUT2D eigenvalue weighted by Crippen LogP contribution is 2.34. The van der Waals surface area contributed by atoms with Crippen LogP contribution in [0.15, 0.2) is 54.9 Å². The monoisotopic (exact) mass is 276 g/mol. The molecule has 1 aromatic carbocycles. The molecule has 4 heteroatoms. The van der Waals surface area contributed by atoms with Crippen LogP contribution in [0.25, 0.3) is 10.1 Å². The molecule has 0 saturated carbocycles. The van der Waals surface area contributed by atoms with E-state index in [9.17, 15) is 0 Å². The van der Waals surface area contributed by atoms with Gasteiger partial charge in [-0.25, -0.2) is 0 Å². The smallest absolute Gasteiger partial charge is 0.0962 e. The Morgan fingerprint density at radius 1 is 1.06 bits per heavy atom. The van der Waals surface area contributed by atoms with Crippen molar-refractivity contribution >= 4 is 44.5 Å². The second-order valence-corrected chi connectivity index (χ2v) is 4.95. The van der Waals surface area contributed by atoms with E-state index in [0.29, 0.717) is 0 Å². The molecule has 0 amide bonds. The Bertz CT molecular complexity index is 603. The number of thiophene rings is 1. The zero-order chi connectivity index (χ0) is 11.7. The van der Waals surface area contributed by atoms with Crippen molar-refractivity contribution in [2.75, 3.05) is 11.9 Å². The maximum Gasteiger partial charge on any atom is 0.0962 e. The minimum absolute atomic E-state index is 0. The van der Waals surface area contributed by atoms with Gasteiger partial charge in [-0.05, 0) is 29.7 Å². The Hall–Kier alpha value is -1.58. The molecule has 0 bridgehead atoms. The number of rotatable bonds is 2. The van der Waals surface area contributed by atoms with Crippen molar-refractivity contribution in [3.63, 3.8) is 0 Å². The van der Waals surface area contributed by atoms with Crippen molar-refractivity contribution in [2.24, 2.45) is 0 Å². The molecule has 3 rings (SSSR count). The summed E-state index contributed by atoms with van der Waals surface area (Å²) in [6.45, 7) is 0. The first-order chi connectivity index (χ1) is 8.34. The second kappa shape index (κ2) is 5.38. The first kappa shape index (κ1) is 12.9. The van der Waals surface area contributed by atoms with Gasteiger partial charge in [-0.1, -0.05) is 18.2 Å². The molecule has 0 aliphatic carbocycles. The Kier molecular flexibility index (Phi) is 3.84. The van der Waals surface area contributed by atoms with Crippen molar-refractivity contribution in [2.45, 2.75) is 0 Å². The van der Waals surface area contributed by atoms with E-state index in [1.807, 2.05) is 24.5 Å². The van der Waals surface area contributed by atoms with Crippen molar-refractivity contribution < 1.29 is 0 Å². The summed E-state index contributed by atoms with van der Waals surface area (Å²) in [4.78, 5) is 6.23. The lowest BCUT2D eigenvalue weighted by Gasteiger charge is -2.16. The number of hydrogen-bond donors (Lipinski definition) is 0. The van der Waals surface area contributed by atoms with E-state index in [-0.39, 0.29) is 12.4 Å². The lowest BCUT2D eigenvalue weighted by molar-refractivity contribution is 1.21. The minimum Gasteiger partial charge on any atom is -0.336 e. The van der Waals surface area contributed by atoms with Gasteiger partial charge in [0, 0.05) is 29.8 Å². The highest BCUT2D eigenvalue weighted by atomic mass is 35.5. The number of hydrogen-bond acceptors (Lipinski definition) is 3. The maximum atomic E-state index is 4.04. The van der Waals surface area contributed by atoms with Crippen LogP contribution in [0, 0.1) is 0 Å². The molecule has 0 spiro atoms. The molecule has 0 saturated heterocycles. The van der Waals surface area contributed by atoms with Crippen LogP contribution < -0.4 is 4.90 Å². The molecule has 0 N–H and O–H groups in total. The number of halogens is 1. The topological polar surface area (TPSA) is 16.1 Å². The fraction of sp³-hybridized carbons (Fsp3) is 0.0714. The molecule has 0 aliphatic heterocycles. The van der Waals surface area contributed by atoms with Gasteiger partial charge in [-0.3, -0.25) is 4.98 Å². The molecular weight excluding hydrogens is 264 g/mol. The Morgan fingerprint density at radius 3 is 2.50 bits per heavy atom. The largest absolute Gasteiger partial charge is 0.336 e. The molecule has 3 aromatic rings. The van der Waals surface area contributed by atoms with E-state index in [0.717, 1.165) is 5.69 Å². The summed E-state index contributed by atoms with van der Waals surface area (Å²) >= 11 is 1.81. The van der Waals surface area contributed by atoms with Crippen LogP contribution in [-0.4, -0.2) is 12.0 Å². The average molecular weight is 277 g/mol. The number of nitrogens with zero attached hydrogens (tertiary/aromatic N) is 2. The standard InChI is InChI=1S/C14H12N2S.ClH/c1-16(12-6-8-15-9-7-12)14-10-11-4-2-3-5-13(11)17-14;/h2-10H,1H3;1H. The number of pyridine rings is 1. The van der Waals surface area contributed by atoms with E-state index < -0.39 is 0 Å². The molecule has 0 radical (unpaired) electrons. The summed E-state index contributed by atoms with van der Waals surface area (Å²) in [6.07, 6.45) is 3.64. The van der Waals surface area contributed by atoms with Gasteiger partial charge in [0.05, 0.1) is 5.00 Å². The zero-order valence-corrected chi connectivity index (χ0v) is 11.5. The van der Waals surface area contributed by atoms with Gasteiger partial charge >= 0.3 is 0 Å². The molecular formula is C14H13ClN2S. The van der Waals surface area contributed by atoms with E-state index in [2.05, 4.69) is 47.3 Å². The summed E-state index contributed by atoms with van der Waals surface area (Å²) in [7, 11) is 2.08. The van der Waals surface area contributed by atoms with E-state index >= 15 is 0 Å². The average Bonchev–Trinajstić information content (AvgIpc) is 2.82. The van der Waals surface area contributed by atoms with Gasteiger partial charge in [0.1, 0.15) is 0 Å². The molecule has 92 valence electrons. The zero-order valence-electron chi connectivity index (χ0n) is 9.91. The van der Waals surface area contributed by atoms with E-state index in [1.54, 1.807) is 11.3 Å². The third-order valence-corrected chi connectivity index (χ3v) is 3.99. The maximum absolute atomic E-state index is 4.04. The van der Waals surface area contributed by atoms with Crippen LogP contribution in [-0.2, 0) is 0 Å². The molecule has 2 nitrogen and oxygen atoms in total. The Balaban J connectivity index is 0.00000120. The summed E-state index contributed by atoms with van der Waals surface area (Å²) in [6, 6.07) is 14.7. The summed E-state index contributed by atoms with van der Waals surface area (Å²) in [5, 5.41) is 2.55. The Morgan fingerprint density at radius 2 is 1.78 bits per heavy atom. The van der Waals surface area contributed by atoms with Crippen molar-refractivity contribution in [1.29, 1.82) is 0 Å². The molecule has 0 atom stereocenters. The molecule has 2 aromatic heterocycles. The quantitative estimate of drug-likeness (QED) is 0.686. The normalized spacial score (nSPS) is 10.1.